The van der Waals surface area contributed by atoms with Crippen LogP contribution in [0.15, 0.2) is 42.5 Å². The summed E-state index contributed by atoms with van der Waals surface area (Å²) in [5.41, 5.74) is 8.60. The molecule has 1 aliphatic rings. The molecule has 2 aromatic carbocycles. The molecule has 22 heavy (non-hydrogen) atoms. The largest absolute Gasteiger partial charge is 0.488 e. The summed E-state index contributed by atoms with van der Waals surface area (Å²) in [4.78, 5) is 12.1. The number of fused-ring (bicyclic) bond motifs is 1. The third-order valence-corrected chi connectivity index (χ3v) is 3.93. The topological polar surface area (TPSA) is 76.1 Å². The first-order chi connectivity index (χ1) is 10.7. The maximum absolute atomic E-state index is 12.1. The number of benzene rings is 2. The van der Waals surface area contributed by atoms with Gasteiger partial charge in [-0.05, 0) is 36.1 Å². The van der Waals surface area contributed by atoms with Crippen LogP contribution in [0.5, 0.6) is 5.75 Å². The Morgan fingerprint density at radius 1 is 1.23 bits per heavy atom. The Morgan fingerprint density at radius 2 is 2.00 bits per heavy atom. The van der Waals surface area contributed by atoms with Crippen molar-refractivity contribution in [2.24, 2.45) is 5.73 Å². The van der Waals surface area contributed by atoms with Gasteiger partial charge in [0.05, 0.1) is 11.6 Å². The fraction of sp³-hybridized carbons (Fsp3) is 0.222. The SMILES string of the molecule is N#Cc1c(OCc2ccccc2)ccc2c1CCC(N)C2=O. The van der Waals surface area contributed by atoms with Crippen LogP contribution < -0.4 is 10.5 Å². The highest BCUT2D eigenvalue weighted by molar-refractivity contribution is 6.03. The molecule has 0 saturated carbocycles. The first-order valence-electron chi connectivity index (χ1n) is 7.23. The fourth-order valence-corrected chi connectivity index (χ4v) is 2.73. The van der Waals surface area contributed by atoms with Crippen LogP contribution >= 0.6 is 0 Å². The average Bonchev–Trinajstić information content (AvgIpc) is 2.56. The zero-order valence-corrected chi connectivity index (χ0v) is 12.1. The Kier molecular flexibility index (Phi) is 3.90. The third-order valence-electron chi connectivity index (χ3n) is 3.93. The van der Waals surface area contributed by atoms with Crippen LogP contribution in [0.2, 0.25) is 0 Å². The molecular formula is C18H16N2O2. The van der Waals surface area contributed by atoms with Gasteiger partial charge in [0.1, 0.15) is 18.4 Å². The van der Waals surface area contributed by atoms with Crippen molar-refractivity contribution < 1.29 is 9.53 Å². The molecule has 0 aromatic heterocycles. The van der Waals surface area contributed by atoms with Crippen molar-refractivity contribution in [2.75, 3.05) is 0 Å². The van der Waals surface area contributed by atoms with Crippen molar-refractivity contribution >= 4 is 5.78 Å². The van der Waals surface area contributed by atoms with Crippen LogP contribution in [-0.2, 0) is 13.0 Å². The third kappa shape index (κ3) is 2.59. The van der Waals surface area contributed by atoms with Gasteiger partial charge >= 0.3 is 0 Å². The molecule has 1 unspecified atom stereocenters. The smallest absolute Gasteiger partial charge is 0.179 e. The minimum Gasteiger partial charge on any atom is -0.488 e. The van der Waals surface area contributed by atoms with E-state index in [0.29, 0.717) is 36.3 Å². The van der Waals surface area contributed by atoms with Crippen LogP contribution in [0.25, 0.3) is 0 Å². The fourth-order valence-electron chi connectivity index (χ4n) is 2.73. The van der Waals surface area contributed by atoms with E-state index in [1.165, 1.54) is 0 Å². The van der Waals surface area contributed by atoms with E-state index in [1.807, 2.05) is 30.3 Å². The van der Waals surface area contributed by atoms with Crippen molar-refractivity contribution in [1.29, 1.82) is 5.26 Å². The number of nitrogens with two attached hydrogens (primary N) is 1. The molecule has 0 radical (unpaired) electrons. The number of Topliss-reactive ketones (excluding diaryl/α,β-unsaturated/α-hetero) is 1. The number of nitriles is 1. The van der Waals surface area contributed by atoms with E-state index in [-0.39, 0.29) is 5.78 Å². The second kappa shape index (κ2) is 6.00. The lowest BCUT2D eigenvalue weighted by Crippen LogP contribution is -2.35. The van der Waals surface area contributed by atoms with Gasteiger partial charge in [-0.1, -0.05) is 30.3 Å². The zero-order valence-electron chi connectivity index (χ0n) is 12.1. The van der Waals surface area contributed by atoms with Crippen molar-refractivity contribution in [3.8, 4) is 11.8 Å². The zero-order chi connectivity index (χ0) is 15.5. The molecule has 0 spiro atoms. The lowest BCUT2D eigenvalue weighted by Gasteiger charge is -2.22. The lowest BCUT2D eigenvalue weighted by molar-refractivity contribution is 0.0948. The predicted octanol–water partition coefficient (Wildman–Crippen LogP) is 2.59. The Labute approximate surface area is 129 Å². The molecule has 0 heterocycles. The maximum Gasteiger partial charge on any atom is 0.179 e. The summed E-state index contributed by atoms with van der Waals surface area (Å²) in [5, 5.41) is 9.45. The van der Waals surface area contributed by atoms with E-state index in [2.05, 4.69) is 6.07 Å². The van der Waals surface area contributed by atoms with Crippen LogP contribution in [-0.4, -0.2) is 11.8 Å². The molecule has 0 fully saturated rings. The first-order valence-corrected chi connectivity index (χ1v) is 7.23. The monoisotopic (exact) mass is 292 g/mol. The van der Waals surface area contributed by atoms with Gasteiger partial charge in [0, 0.05) is 5.56 Å². The Bertz CT molecular complexity index is 748. The molecule has 1 aliphatic carbocycles. The summed E-state index contributed by atoms with van der Waals surface area (Å²) in [6, 6.07) is 14.9. The number of carbonyl (C=O) groups excluding carboxylic acids is 1. The average molecular weight is 292 g/mol. The number of nitrogens with zero attached hydrogens (tertiary/aromatic N) is 1. The van der Waals surface area contributed by atoms with Gasteiger partial charge in [-0.3, -0.25) is 4.79 Å². The molecule has 0 amide bonds. The van der Waals surface area contributed by atoms with Gasteiger partial charge in [0.2, 0.25) is 0 Å². The summed E-state index contributed by atoms with van der Waals surface area (Å²) in [6.07, 6.45) is 1.20. The number of hydrogen-bond acceptors (Lipinski definition) is 4. The van der Waals surface area contributed by atoms with Crippen molar-refractivity contribution in [2.45, 2.75) is 25.5 Å². The minimum atomic E-state index is -0.463. The summed E-state index contributed by atoms with van der Waals surface area (Å²) in [7, 11) is 0. The van der Waals surface area contributed by atoms with Gasteiger partial charge in [-0.25, -0.2) is 0 Å². The van der Waals surface area contributed by atoms with Gasteiger partial charge in [0.25, 0.3) is 0 Å². The molecule has 3 rings (SSSR count). The second-order valence-corrected chi connectivity index (χ2v) is 5.36. The number of ether oxygens (including phenoxy) is 1. The molecule has 4 heteroatoms. The molecule has 4 nitrogen and oxygen atoms in total. The number of hydrogen-bond donors (Lipinski definition) is 1. The molecule has 0 aliphatic heterocycles. The molecule has 2 aromatic rings. The van der Waals surface area contributed by atoms with E-state index in [1.54, 1.807) is 12.1 Å². The second-order valence-electron chi connectivity index (χ2n) is 5.36. The van der Waals surface area contributed by atoms with Gasteiger partial charge < -0.3 is 10.5 Å². The van der Waals surface area contributed by atoms with Crippen molar-refractivity contribution in [3.05, 3.63) is 64.7 Å². The van der Waals surface area contributed by atoms with Crippen LogP contribution in [0, 0.1) is 11.3 Å². The number of carbonyl (C=O) groups is 1. The van der Waals surface area contributed by atoms with E-state index >= 15 is 0 Å². The highest BCUT2D eigenvalue weighted by atomic mass is 16.5. The molecule has 0 saturated heterocycles. The van der Waals surface area contributed by atoms with Crippen molar-refractivity contribution in [3.63, 3.8) is 0 Å². The predicted molar refractivity (Wildman–Crippen MR) is 82.6 cm³/mol. The van der Waals surface area contributed by atoms with Crippen LogP contribution in [0.1, 0.15) is 33.5 Å². The Balaban J connectivity index is 1.90. The first kappa shape index (κ1) is 14.3. The minimum absolute atomic E-state index is 0.0904. The van der Waals surface area contributed by atoms with Gasteiger partial charge in [-0.2, -0.15) is 5.26 Å². The van der Waals surface area contributed by atoms with E-state index in [0.717, 1.165) is 11.1 Å². The number of rotatable bonds is 3. The van der Waals surface area contributed by atoms with Gasteiger partial charge in [0.15, 0.2) is 5.78 Å². The summed E-state index contributed by atoms with van der Waals surface area (Å²) in [6.45, 7) is 0.391. The van der Waals surface area contributed by atoms with Crippen molar-refractivity contribution in [1.82, 2.24) is 0 Å². The highest BCUT2D eigenvalue weighted by Crippen LogP contribution is 2.30. The molecule has 110 valence electrons. The van der Waals surface area contributed by atoms with Crippen LogP contribution in [0.3, 0.4) is 0 Å². The number of ketones is 1. The van der Waals surface area contributed by atoms with E-state index in [9.17, 15) is 10.1 Å². The highest BCUT2D eigenvalue weighted by Gasteiger charge is 2.27. The van der Waals surface area contributed by atoms with E-state index < -0.39 is 6.04 Å². The summed E-state index contributed by atoms with van der Waals surface area (Å²) < 4.78 is 5.78. The standard InChI is InChI=1S/C18H16N2O2/c19-10-15-13-6-8-16(20)18(21)14(13)7-9-17(15)22-11-12-4-2-1-3-5-12/h1-5,7,9,16H,6,8,11,20H2. The lowest BCUT2D eigenvalue weighted by atomic mass is 9.85. The molecule has 1 atom stereocenters. The summed E-state index contributed by atoms with van der Waals surface area (Å²) >= 11 is 0. The van der Waals surface area contributed by atoms with Gasteiger partial charge in [-0.15, -0.1) is 0 Å². The normalized spacial score (nSPS) is 16.7. The molecular weight excluding hydrogens is 276 g/mol. The summed E-state index contributed by atoms with van der Waals surface area (Å²) in [5.74, 6) is 0.431. The quantitative estimate of drug-likeness (QED) is 0.943. The molecule has 2 N–H and O–H groups in total. The molecule has 0 bridgehead atoms. The van der Waals surface area contributed by atoms with E-state index in [4.69, 9.17) is 10.5 Å². The Morgan fingerprint density at radius 3 is 2.73 bits per heavy atom. The van der Waals surface area contributed by atoms with Crippen LogP contribution in [0.4, 0.5) is 0 Å². The maximum atomic E-state index is 12.1. The Hall–Kier alpha value is -2.64.